The molecule has 3 aromatic rings. The summed E-state index contributed by atoms with van der Waals surface area (Å²) in [6.45, 7) is 3.13. The van der Waals surface area contributed by atoms with Gasteiger partial charge in [-0.25, -0.2) is 14.8 Å². The van der Waals surface area contributed by atoms with Crippen molar-refractivity contribution in [3.8, 4) is 0 Å². The van der Waals surface area contributed by atoms with E-state index < -0.39 is 42.8 Å². The number of aromatic nitrogens is 2. The molecule has 0 radical (unpaired) electrons. The quantitative estimate of drug-likeness (QED) is 0.362. The molecular weight excluding hydrogens is 392 g/mol. The number of fused-ring (bicyclic) bond motifs is 2. The fourth-order valence-corrected chi connectivity index (χ4v) is 3.58. The number of nitrogens with zero attached hydrogens (tertiary/aromatic N) is 2. The molecule has 1 aromatic heterocycles. The number of aliphatic hydroxyl groups excluding tert-OH is 4. The molecule has 9 heteroatoms. The molecule has 0 spiro atoms. The van der Waals surface area contributed by atoms with Gasteiger partial charge < -0.3 is 29.9 Å². The van der Waals surface area contributed by atoms with Crippen LogP contribution < -0.4 is 0 Å². The van der Waals surface area contributed by atoms with Crippen molar-refractivity contribution in [3.05, 3.63) is 47.5 Å². The van der Waals surface area contributed by atoms with Crippen molar-refractivity contribution in [2.45, 2.75) is 50.7 Å². The van der Waals surface area contributed by atoms with E-state index in [9.17, 15) is 25.2 Å². The summed E-state index contributed by atoms with van der Waals surface area (Å²) in [5.41, 5.74) is 2.44. The van der Waals surface area contributed by atoms with Gasteiger partial charge in [-0.3, -0.25) is 0 Å². The van der Waals surface area contributed by atoms with E-state index in [-0.39, 0.29) is 11.1 Å². The van der Waals surface area contributed by atoms with Gasteiger partial charge in [-0.05, 0) is 32.0 Å². The van der Waals surface area contributed by atoms with E-state index in [2.05, 4.69) is 9.97 Å². The minimum Gasteiger partial charge on any atom is -0.453 e. The Morgan fingerprint density at radius 1 is 1.03 bits per heavy atom. The van der Waals surface area contributed by atoms with E-state index in [0.717, 1.165) is 0 Å². The Morgan fingerprint density at radius 2 is 1.67 bits per heavy atom. The van der Waals surface area contributed by atoms with Gasteiger partial charge in [0, 0.05) is 5.56 Å². The topological polar surface area (TPSA) is 142 Å². The first-order valence-corrected chi connectivity index (χ1v) is 9.56. The third kappa shape index (κ3) is 3.51. The Labute approximate surface area is 171 Å². The van der Waals surface area contributed by atoms with Crippen molar-refractivity contribution < 1.29 is 34.7 Å². The molecule has 1 saturated heterocycles. The van der Waals surface area contributed by atoms with E-state index in [0.29, 0.717) is 22.1 Å². The molecule has 1 fully saturated rings. The second-order valence-electron chi connectivity index (χ2n) is 7.37. The van der Waals surface area contributed by atoms with Crippen LogP contribution in [0.25, 0.3) is 22.1 Å². The second-order valence-corrected chi connectivity index (χ2v) is 7.37. The Bertz CT molecular complexity index is 1090. The summed E-state index contributed by atoms with van der Waals surface area (Å²) in [5.74, 6) is -0.828. The number of carbonyl (C=O) groups excluding carboxylic acids is 1. The zero-order valence-electron chi connectivity index (χ0n) is 16.3. The molecule has 158 valence electrons. The van der Waals surface area contributed by atoms with Crippen LogP contribution in [0.5, 0.6) is 0 Å². The van der Waals surface area contributed by atoms with Gasteiger partial charge in [0.2, 0.25) is 0 Å². The predicted molar refractivity (Wildman–Crippen MR) is 105 cm³/mol. The molecule has 0 saturated carbocycles. The van der Waals surface area contributed by atoms with Crippen LogP contribution in [0.15, 0.2) is 36.4 Å². The normalized spacial score (nSPS) is 27.9. The van der Waals surface area contributed by atoms with E-state index in [4.69, 9.17) is 9.47 Å². The zero-order chi connectivity index (χ0) is 21.6. The fraction of sp³-hybridized carbons (Fsp3) is 0.381. The SMILES string of the molecule is CC(O)c1cccc2nc3c(C(=O)O[C@@H]4[C@@H](O)[C@H](C)O[C@@H](O)[C@H]4O)cccc3nc12. The molecule has 0 amide bonds. The monoisotopic (exact) mass is 414 g/mol. The molecule has 4 N–H and O–H groups in total. The predicted octanol–water partition coefficient (Wildman–Crippen LogP) is 0.821. The van der Waals surface area contributed by atoms with Gasteiger partial charge in [-0.15, -0.1) is 0 Å². The van der Waals surface area contributed by atoms with Crippen LogP contribution in [-0.4, -0.2) is 67.1 Å². The van der Waals surface area contributed by atoms with E-state index >= 15 is 0 Å². The molecule has 1 aliphatic rings. The molecule has 0 aliphatic carbocycles. The van der Waals surface area contributed by atoms with Crippen molar-refractivity contribution in [2.75, 3.05) is 0 Å². The van der Waals surface area contributed by atoms with Gasteiger partial charge in [0.15, 0.2) is 12.4 Å². The van der Waals surface area contributed by atoms with Crippen LogP contribution in [0.1, 0.15) is 35.9 Å². The number of hydrogen-bond donors (Lipinski definition) is 4. The Morgan fingerprint density at radius 3 is 2.37 bits per heavy atom. The maximum absolute atomic E-state index is 12.9. The lowest BCUT2D eigenvalue weighted by molar-refractivity contribution is -0.276. The lowest BCUT2D eigenvalue weighted by Gasteiger charge is -2.38. The number of carbonyl (C=O) groups is 1. The third-order valence-electron chi connectivity index (χ3n) is 5.24. The van der Waals surface area contributed by atoms with Gasteiger partial charge >= 0.3 is 5.97 Å². The Kier molecular flexibility index (Phi) is 5.39. The second kappa shape index (κ2) is 7.86. The van der Waals surface area contributed by atoms with Crippen LogP contribution in [0.2, 0.25) is 0 Å². The summed E-state index contributed by atoms with van der Waals surface area (Å²) in [7, 11) is 0. The van der Waals surface area contributed by atoms with Crippen molar-refractivity contribution in [1.29, 1.82) is 0 Å². The summed E-state index contributed by atoms with van der Waals surface area (Å²) in [6.07, 6.45) is -7.45. The fourth-order valence-electron chi connectivity index (χ4n) is 3.58. The van der Waals surface area contributed by atoms with Gasteiger partial charge in [0.25, 0.3) is 0 Å². The highest BCUT2D eigenvalue weighted by Gasteiger charge is 2.44. The molecular formula is C21H22N2O7. The van der Waals surface area contributed by atoms with Crippen LogP contribution in [-0.2, 0) is 9.47 Å². The lowest BCUT2D eigenvalue weighted by Crippen LogP contribution is -2.58. The number of aliphatic hydroxyl groups is 4. The highest BCUT2D eigenvalue weighted by molar-refractivity contribution is 6.03. The van der Waals surface area contributed by atoms with Crippen molar-refractivity contribution in [3.63, 3.8) is 0 Å². The summed E-state index contributed by atoms with van der Waals surface area (Å²) in [4.78, 5) is 22.0. The van der Waals surface area contributed by atoms with Crippen molar-refractivity contribution >= 4 is 28.0 Å². The number of rotatable bonds is 3. The van der Waals surface area contributed by atoms with Crippen LogP contribution >= 0.6 is 0 Å². The molecule has 9 nitrogen and oxygen atoms in total. The average Bonchev–Trinajstić information content (AvgIpc) is 2.72. The first-order chi connectivity index (χ1) is 14.3. The summed E-state index contributed by atoms with van der Waals surface area (Å²) in [6, 6.07) is 10.0. The summed E-state index contributed by atoms with van der Waals surface area (Å²) in [5, 5.41) is 40.1. The standard InChI is InChI=1S/C21H22N2O7/c1-9(24)11-5-3-7-13-15(11)22-14-8-4-6-12(16(14)23-13)20(27)30-19-17(25)10(2)29-21(28)18(19)26/h3-10,17-19,21,24-26,28H,1-2H3/t9?,10-,17-,18-,19+,21+/m0/s1. The molecule has 0 bridgehead atoms. The number of ether oxygens (including phenoxy) is 2. The Balaban J connectivity index is 1.74. The largest absolute Gasteiger partial charge is 0.453 e. The van der Waals surface area contributed by atoms with Crippen LogP contribution in [0.3, 0.4) is 0 Å². The smallest absolute Gasteiger partial charge is 0.340 e. The maximum Gasteiger partial charge on any atom is 0.340 e. The number of para-hydroxylation sites is 2. The lowest BCUT2D eigenvalue weighted by atomic mass is 9.99. The molecule has 1 unspecified atom stereocenters. The molecule has 2 heterocycles. The third-order valence-corrected chi connectivity index (χ3v) is 5.24. The Hall–Kier alpha value is -2.69. The highest BCUT2D eigenvalue weighted by atomic mass is 16.6. The zero-order valence-corrected chi connectivity index (χ0v) is 16.3. The highest BCUT2D eigenvalue weighted by Crippen LogP contribution is 2.27. The first-order valence-electron chi connectivity index (χ1n) is 9.56. The summed E-state index contributed by atoms with van der Waals surface area (Å²) >= 11 is 0. The van der Waals surface area contributed by atoms with Gasteiger partial charge in [0.1, 0.15) is 17.7 Å². The molecule has 4 rings (SSSR count). The molecule has 30 heavy (non-hydrogen) atoms. The maximum atomic E-state index is 12.9. The van der Waals surface area contributed by atoms with E-state index in [1.807, 2.05) is 0 Å². The summed E-state index contributed by atoms with van der Waals surface area (Å²) < 4.78 is 10.3. The van der Waals surface area contributed by atoms with Gasteiger partial charge in [-0.1, -0.05) is 18.2 Å². The molecule has 2 aromatic carbocycles. The van der Waals surface area contributed by atoms with Crippen molar-refractivity contribution in [1.82, 2.24) is 9.97 Å². The minimum atomic E-state index is -1.60. The van der Waals surface area contributed by atoms with E-state index in [1.54, 1.807) is 37.3 Å². The minimum absolute atomic E-state index is 0.0948. The molecule has 1 aliphatic heterocycles. The van der Waals surface area contributed by atoms with Crippen LogP contribution in [0.4, 0.5) is 0 Å². The van der Waals surface area contributed by atoms with Gasteiger partial charge in [0.05, 0.1) is 34.3 Å². The van der Waals surface area contributed by atoms with Crippen LogP contribution in [0, 0.1) is 0 Å². The number of esters is 1. The average molecular weight is 414 g/mol. The molecule has 6 atom stereocenters. The van der Waals surface area contributed by atoms with Crippen molar-refractivity contribution in [2.24, 2.45) is 0 Å². The number of hydrogen-bond acceptors (Lipinski definition) is 9. The number of benzene rings is 2. The van der Waals surface area contributed by atoms with Gasteiger partial charge in [-0.2, -0.15) is 0 Å². The first kappa shape index (κ1) is 20.6. The van der Waals surface area contributed by atoms with E-state index in [1.165, 1.54) is 13.0 Å².